The van der Waals surface area contributed by atoms with Crippen LogP contribution in [0.3, 0.4) is 0 Å². The largest absolute Gasteiger partial charge is 0.334 e. The Morgan fingerprint density at radius 2 is 1.71 bits per heavy atom. The first kappa shape index (κ1) is 13.9. The summed E-state index contributed by atoms with van der Waals surface area (Å²) in [5.74, 6) is 0.780. The topological polar surface area (TPSA) is 45.2 Å². The Morgan fingerprint density at radius 3 is 2.43 bits per heavy atom. The summed E-state index contributed by atoms with van der Waals surface area (Å²) in [6, 6.07) is 7.86. The summed E-state index contributed by atoms with van der Waals surface area (Å²) < 4.78 is 0. The number of nitrogens with zero attached hydrogens (tertiary/aromatic N) is 5. The van der Waals surface area contributed by atoms with Crippen LogP contribution in [0.15, 0.2) is 42.9 Å². The number of hydrogen-bond donors (Lipinski definition) is 0. The molecule has 21 heavy (non-hydrogen) atoms. The molecule has 110 valence electrons. The van der Waals surface area contributed by atoms with Crippen LogP contribution in [0.2, 0.25) is 0 Å². The fourth-order valence-electron chi connectivity index (χ4n) is 2.66. The zero-order valence-electron chi connectivity index (χ0n) is 12.2. The van der Waals surface area contributed by atoms with Gasteiger partial charge in [-0.25, -0.2) is 9.97 Å². The molecule has 2 aromatic rings. The Labute approximate surface area is 125 Å². The van der Waals surface area contributed by atoms with E-state index in [2.05, 4.69) is 24.8 Å². The van der Waals surface area contributed by atoms with Crippen molar-refractivity contribution in [2.45, 2.75) is 19.4 Å². The third-order valence-corrected chi connectivity index (χ3v) is 3.80. The third kappa shape index (κ3) is 3.98. The van der Waals surface area contributed by atoms with Crippen molar-refractivity contribution in [2.24, 2.45) is 0 Å². The number of anilines is 1. The number of hydrogen-bond acceptors (Lipinski definition) is 5. The fourth-order valence-corrected chi connectivity index (χ4v) is 2.66. The van der Waals surface area contributed by atoms with Crippen molar-refractivity contribution < 1.29 is 0 Å². The van der Waals surface area contributed by atoms with Gasteiger partial charge in [0.15, 0.2) is 0 Å². The SMILES string of the molecule is c1ccc(CN(CCN2CCCC2)c2ncccn2)nc1. The van der Waals surface area contributed by atoms with Crippen LogP contribution in [0.5, 0.6) is 0 Å². The standard InChI is InChI=1S/C16H21N5/c1-2-7-17-15(6-1)14-21(16-18-8-5-9-19-16)13-12-20-10-3-4-11-20/h1-2,5-9H,3-4,10-14H2. The summed E-state index contributed by atoms with van der Waals surface area (Å²) in [6.07, 6.45) is 8.07. The maximum atomic E-state index is 4.41. The summed E-state index contributed by atoms with van der Waals surface area (Å²) in [7, 11) is 0. The van der Waals surface area contributed by atoms with Gasteiger partial charge in [-0.15, -0.1) is 0 Å². The van der Waals surface area contributed by atoms with E-state index >= 15 is 0 Å². The molecule has 5 nitrogen and oxygen atoms in total. The molecule has 0 aliphatic carbocycles. The number of aromatic nitrogens is 3. The molecule has 0 saturated carbocycles. The molecule has 1 fully saturated rings. The monoisotopic (exact) mass is 283 g/mol. The van der Waals surface area contributed by atoms with Gasteiger partial charge in [-0.2, -0.15) is 0 Å². The van der Waals surface area contributed by atoms with Crippen LogP contribution >= 0.6 is 0 Å². The average Bonchev–Trinajstić information content (AvgIpc) is 3.07. The Bertz CT molecular complexity index is 525. The molecule has 1 aliphatic rings. The van der Waals surface area contributed by atoms with Gasteiger partial charge in [0.1, 0.15) is 0 Å². The lowest BCUT2D eigenvalue weighted by Crippen LogP contribution is -2.34. The Balaban J connectivity index is 1.68. The van der Waals surface area contributed by atoms with Gasteiger partial charge < -0.3 is 9.80 Å². The van der Waals surface area contributed by atoms with Crippen LogP contribution in [-0.2, 0) is 6.54 Å². The van der Waals surface area contributed by atoms with Crippen molar-refractivity contribution in [1.82, 2.24) is 19.9 Å². The minimum atomic E-state index is 0.749. The molecular formula is C16H21N5. The first-order chi connectivity index (χ1) is 10.4. The summed E-state index contributed by atoms with van der Waals surface area (Å²) in [5.41, 5.74) is 1.05. The van der Waals surface area contributed by atoms with E-state index in [4.69, 9.17) is 0 Å². The molecule has 0 radical (unpaired) electrons. The van der Waals surface area contributed by atoms with Crippen molar-refractivity contribution in [3.05, 3.63) is 48.5 Å². The summed E-state index contributed by atoms with van der Waals surface area (Å²) >= 11 is 0. The smallest absolute Gasteiger partial charge is 0.225 e. The normalized spacial score (nSPS) is 15.2. The molecule has 0 spiro atoms. The van der Waals surface area contributed by atoms with Crippen LogP contribution in [0.4, 0.5) is 5.95 Å². The zero-order valence-corrected chi connectivity index (χ0v) is 12.2. The molecule has 0 N–H and O–H groups in total. The zero-order chi connectivity index (χ0) is 14.3. The summed E-state index contributed by atoms with van der Waals surface area (Å²) in [4.78, 5) is 17.9. The lowest BCUT2D eigenvalue weighted by Gasteiger charge is -2.25. The van der Waals surface area contributed by atoms with Gasteiger partial charge in [-0.1, -0.05) is 6.07 Å². The first-order valence-electron chi connectivity index (χ1n) is 7.56. The van der Waals surface area contributed by atoms with Gasteiger partial charge >= 0.3 is 0 Å². The summed E-state index contributed by atoms with van der Waals surface area (Å²) in [6.45, 7) is 5.17. The molecule has 0 unspecified atom stereocenters. The molecule has 0 amide bonds. The minimum Gasteiger partial charge on any atom is -0.334 e. The first-order valence-corrected chi connectivity index (χ1v) is 7.56. The molecule has 0 atom stereocenters. The molecular weight excluding hydrogens is 262 g/mol. The number of pyridine rings is 1. The molecule has 3 heterocycles. The van der Waals surface area contributed by atoms with Gasteiger partial charge in [0.2, 0.25) is 5.95 Å². The lowest BCUT2D eigenvalue weighted by molar-refractivity contribution is 0.343. The number of likely N-dealkylation sites (tertiary alicyclic amines) is 1. The van der Waals surface area contributed by atoms with Crippen molar-refractivity contribution in [3.63, 3.8) is 0 Å². The second-order valence-electron chi connectivity index (χ2n) is 5.34. The molecule has 5 heteroatoms. The minimum absolute atomic E-state index is 0.749. The van der Waals surface area contributed by atoms with Crippen molar-refractivity contribution >= 4 is 5.95 Å². The van der Waals surface area contributed by atoms with Gasteiger partial charge in [0.25, 0.3) is 0 Å². The Kier molecular flexibility index (Phi) is 4.74. The maximum absolute atomic E-state index is 4.41. The van der Waals surface area contributed by atoms with Crippen molar-refractivity contribution in [2.75, 3.05) is 31.1 Å². The van der Waals surface area contributed by atoms with Crippen molar-refractivity contribution in [1.29, 1.82) is 0 Å². The highest BCUT2D eigenvalue weighted by Gasteiger charge is 2.15. The van der Waals surface area contributed by atoms with E-state index in [-0.39, 0.29) is 0 Å². The van der Waals surface area contributed by atoms with Crippen LogP contribution in [-0.4, -0.2) is 46.0 Å². The summed E-state index contributed by atoms with van der Waals surface area (Å²) in [5, 5.41) is 0. The second-order valence-corrected chi connectivity index (χ2v) is 5.34. The number of rotatable bonds is 6. The van der Waals surface area contributed by atoms with Crippen molar-refractivity contribution in [3.8, 4) is 0 Å². The van der Waals surface area contributed by atoms with E-state index in [1.165, 1.54) is 25.9 Å². The molecule has 1 saturated heterocycles. The van der Waals surface area contributed by atoms with E-state index in [0.717, 1.165) is 31.3 Å². The van der Waals surface area contributed by atoms with E-state index in [1.807, 2.05) is 30.5 Å². The van der Waals surface area contributed by atoms with Crippen LogP contribution in [0, 0.1) is 0 Å². The Hall–Kier alpha value is -2.01. The van der Waals surface area contributed by atoms with Crippen LogP contribution in [0.1, 0.15) is 18.5 Å². The van der Waals surface area contributed by atoms with E-state index < -0.39 is 0 Å². The highest BCUT2D eigenvalue weighted by atomic mass is 15.3. The van der Waals surface area contributed by atoms with Crippen LogP contribution in [0.25, 0.3) is 0 Å². The second kappa shape index (κ2) is 7.13. The molecule has 2 aromatic heterocycles. The maximum Gasteiger partial charge on any atom is 0.225 e. The third-order valence-electron chi connectivity index (χ3n) is 3.80. The Morgan fingerprint density at radius 1 is 0.952 bits per heavy atom. The molecule has 0 aromatic carbocycles. The highest BCUT2D eigenvalue weighted by Crippen LogP contribution is 2.12. The molecule has 3 rings (SSSR count). The fraction of sp³-hybridized carbons (Fsp3) is 0.438. The van der Waals surface area contributed by atoms with Gasteiger partial charge in [-0.3, -0.25) is 4.98 Å². The van der Waals surface area contributed by atoms with E-state index in [1.54, 1.807) is 12.4 Å². The van der Waals surface area contributed by atoms with Crippen LogP contribution < -0.4 is 4.90 Å². The predicted octanol–water partition coefficient (Wildman–Crippen LogP) is 1.97. The average molecular weight is 283 g/mol. The predicted molar refractivity (Wildman–Crippen MR) is 83.0 cm³/mol. The lowest BCUT2D eigenvalue weighted by atomic mass is 10.3. The van der Waals surface area contributed by atoms with Gasteiger partial charge in [0, 0.05) is 31.7 Å². The van der Waals surface area contributed by atoms with E-state index in [9.17, 15) is 0 Å². The highest BCUT2D eigenvalue weighted by molar-refractivity contribution is 5.29. The van der Waals surface area contributed by atoms with E-state index in [0.29, 0.717) is 0 Å². The molecule has 1 aliphatic heterocycles. The van der Waals surface area contributed by atoms with Gasteiger partial charge in [0.05, 0.1) is 12.2 Å². The molecule has 0 bridgehead atoms. The van der Waals surface area contributed by atoms with Gasteiger partial charge in [-0.05, 0) is 44.1 Å². The quantitative estimate of drug-likeness (QED) is 0.811.